The van der Waals surface area contributed by atoms with Gasteiger partial charge in [-0.2, -0.15) is 0 Å². The molecule has 0 spiro atoms. The number of benzene rings is 2. The second-order valence-corrected chi connectivity index (χ2v) is 10.1. The van der Waals surface area contributed by atoms with Gasteiger partial charge in [-0.1, -0.05) is 54.1 Å². The fourth-order valence-electron chi connectivity index (χ4n) is 4.36. The van der Waals surface area contributed by atoms with Gasteiger partial charge in [-0.05, 0) is 49.6 Å². The van der Waals surface area contributed by atoms with Crippen molar-refractivity contribution in [2.75, 3.05) is 17.4 Å². The first-order valence-electron chi connectivity index (χ1n) is 11.6. The number of hydrogen-bond acceptors (Lipinski definition) is 6. The third kappa shape index (κ3) is 5.74. The van der Waals surface area contributed by atoms with Crippen LogP contribution in [0.2, 0.25) is 5.02 Å². The molecule has 4 rings (SSSR count). The van der Waals surface area contributed by atoms with Crippen molar-refractivity contribution in [2.45, 2.75) is 38.5 Å². The second-order valence-electron chi connectivity index (χ2n) is 8.82. The number of pyridine rings is 1. The normalized spacial score (nSPS) is 17.4. The summed E-state index contributed by atoms with van der Waals surface area (Å²) in [6, 6.07) is 19.7. The molecule has 0 saturated carbocycles. The van der Waals surface area contributed by atoms with E-state index >= 15 is 0 Å². The van der Waals surface area contributed by atoms with Crippen LogP contribution in [0.1, 0.15) is 31.4 Å². The van der Waals surface area contributed by atoms with Crippen LogP contribution < -0.4 is 9.04 Å². The van der Waals surface area contributed by atoms with Crippen molar-refractivity contribution in [3.05, 3.63) is 89.1 Å². The number of carbonyl (C=O) groups excluding carboxylic acids is 1. The average molecular weight is 530 g/mol. The quantitative estimate of drug-likeness (QED) is 0.422. The molecule has 0 N–H and O–H groups in total. The van der Waals surface area contributed by atoms with E-state index in [1.807, 2.05) is 44.2 Å². The summed E-state index contributed by atoms with van der Waals surface area (Å²) in [6.45, 7) is 4.32. The molecule has 0 aliphatic carbocycles. The lowest BCUT2D eigenvalue weighted by Crippen LogP contribution is -2.48. The summed E-state index contributed by atoms with van der Waals surface area (Å²) in [5.74, 6) is 0.396. The lowest BCUT2D eigenvalue weighted by molar-refractivity contribution is 0.102. The molecule has 1 atom stereocenters. The summed E-state index contributed by atoms with van der Waals surface area (Å²) < 4.78 is 37.9. The predicted octanol–water partition coefficient (Wildman–Crippen LogP) is 4.79. The highest BCUT2D eigenvalue weighted by Crippen LogP contribution is 2.42. The van der Waals surface area contributed by atoms with E-state index in [1.54, 1.807) is 36.4 Å². The van der Waals surface area contributed by atoms with E-state index in [4.69, 9.17) is 21.1 Å². The second kappa shape index (κ2) is 11.2. The molecular formula is C26H28ClN3O5S. The van der Waals surface area contributed by atoms with Crippen LogP contribution in [0.3, 0.4) is 0 Å². The predicted molar refractivity (Wildman–Crippen MR) is 139 cm³/mol. The van der Waals surface area contributed by atoms with Crippen LogP contribution in [0, 0.1) is 0 Å². The standard InChI is InChI=1S/C26H28ClN3O5S/c1-19(2)35-24-13-12-23(16-28-24)30(36(32)33)26(21-8-10-22(27)11-9-21)14-15-29(18-26)25(31)34-17-20-6-4-3-5-7-20/h3-13,16,19,36H,14-15,17-18H2,1-2H3. The Morgan fingerprint density at radius 2 is 1.83 bits per heavy atom. The molecular weight excluding hydrogens is 502 g/mol. The lowest BCUT2D eigenvalue weighted by Gasteiger charge is -2.38. The zero-order valence-corrected chi connectivity index (χ0v) is 21.7. The molecule has 36 heavy (non-hydrogen) atoms. The Labute approximate surface area is 217 Å². The number of thiol groups is 1. The first-order valence-corrected chi connectivity index (χ1v) is 13.1. The van der Waals surface area contributed by atoms with Crippen LogP contribution in [0.5, 0.6) is 5.88 Å². The van der Waals surface area contributed by atoms with Crippen molar-refractivity contribution < 1.29 is 22.7 Å². The topological polar surface area (TPSA) is 89.0 Å². The van der Waals surface area contributed by atoms with Gasteiger partial charge in [0.2, 0.25) is 16.8 Å². The largest absolute Gasteiger partial charge is 0.475 e. The number of nitrogens with zero attached hydrogens (tertiary/aromatic N) is 3. The molecule has 190 valence electrons. The van der Waals surface area contributed by atoms with E-state index in [2.05, 4.69) is 4.98 Å². The SMILES string of the molecule is CC(C)Oc1ccc(N([SH](=O)=O)C2(c3ccc(Cl)cc3)CCN(C(=O)OCc3ccccc3)C2)cn1. The summed E-state index contributed by atoms with van der Waals surface area (Å²) in [5.41, 5.74) is 0.893. The van der Waals surface area contributed by atoms with Gasteiger partial charge in [-0.3, -0.25) is 4.31 Å². The molecule has 1 aromatic heterocycles. The summed E-state index contributed by atoms with van der Waals surface area (Å²) >= 11 is 6.12. The number of halogens is 1. The smallest absolute Gasteiger partial charge is 0.410 e. The number of likely N-dealkylation sites (tertiary alicyclic amines) is 1. The molecule has 1 aliphatic heterocycles. The highest BCUT2D eigenvalue weighted by Gasteiger charge is 2.48. The lowest BCUT2D eigenvalue weighted by atomic mass is 9.88. The number of aromatic nitrogens is 1. The molecule has 8 nitrogen and oxygen atoms in total. The summed E-state index contributed by atoms with van der Waals surface area (Å²) in [7, 11) is -3.10. The minimum atomic E-state index is -3.10. The Kier molecular flexibility index (Phi) is 8.01. The first-order chi connectivity index (χ1) is 17.3. The van der Waals surface area contributed by atoms with Crippen molar-refractivity contribution in [3.63, 3.8) is 0 Å². The van der Waals surface area contributed by atoms with E-state index in [-0.39, 0.29) is 19.3 Å². The van der Waals surface area contributed by atoms with Crippen molar-refractivity contribution >= 4 is 34.3 Å². The van der Waals surface area contributed by atoms with E-state index in [1.165, 1.54) is 15.4 Å². The third-order valence-electron chi connectivity index (χ3n) is 5.98. The van der Waals surface area contributed by atoms with Gasteiger partial charge in [0, 0.05) is 17.6 Å². The molecule has 0 bridgehead atoms. The van der Waals surface area contributed by atoms with Gasteiger partial charge < -0.3 is 14.4 Å². The minimum absolute atomic E-state index is 0.0682. The van der Waals surface area contributed by atoms with Gasteiger partial charge in [-0.15, -0.1) is 0 Å². The van der Waals surface area contributed by atoms with Gasteiger partial charge >= 0.3 is 6.09 Å². The van der Waals surface area contributed by atoms with Gasteiger partial charge in [0.15, 0.2) is 0 Å². The molecule has 10 heteroatoms. The van der Waals surface area contributed by atoms with E-state index in [9.17, 15) is 13.2 Å². The molecule has 1 fully saturated rings. The summed E-state index contributed by atoms with van der Waals surface area (Å²) in [6.07, 6.45) is 1.26. The van der Waals surface area contributed by atoms with Crippen molar-refractivity contribution in [3.8, 4) is 5.88 Å². The molecule has 2 heterocycles. The molecule has 1 unspecified atom stereocenters. The van der Waals surface area contributed by atoms with Crippen molar-refractivity contribution in [2.24, 2.45) is 0 Å². The van der Waals surface area contributed by atoms with Crippen LogP contribution in [0.25, 0.3) is 0 Å². The van der Waals surface area contributed by atoms with Crippen LogP contribution in [0.4, 0.5) is 10.5 Å². The molecule has 2 aromatic carbocycles. The van der Waals surface area contributed by atoms with Crippen LogP contribution >= 0.6 is 11.6 Å². The minimum Gasteiger partial charge on any atom is -0.475 e. The maximum absolute atomic E-state index is 13.0. The fraction of sp³-hybridized carbons (Fsp3) is 0.308. The Balaban J connectivity index is 1.65. The molecule has 3 aromatic rings. The first kappa shape index (κ1) is 25.8. The van der Waals surface area contributed by atoms with Gasteiger partial charge in [0.1, 0.15) is 6.61 Å². The Morgan fingerprint density at radius 1 is 1.11 bits per heavy atom. The average Bonchev–Trinajstić information content (AvgIpc) is 3.30. The highest BCUT2D eigenvalue weighted by molar-refractivity contribution is 7.74. The van der Waals surface area contributed by atoms with Crippen LogP contribution in [-0.4, -0.2) is 43.6 Å². The highest BCUT2D eigenvalue weighted by atomic mass is 35.5. The Bertz CT molecular complexity index is 1240. The van der Waals surface area contributed by atoms with Crippen LogP contribution in [0.15, 0.2) is 72.9 Å². The van der Waals surface area contributed by atoms with E-state index in [0.29, 0.717) is 35.1 Å². The van der Waals surface area contributed by atoms with Gasteiger partial charge in [0.25, 0.3) is 0 Å². The van der Waals surface area contributed by atoms with E-state index < -0.39 is 22.5 Å². The van der Waals surface area contributed by atoms with Crippen molar-refractivity contribution in [1.82, 2.24) is 9.88 Å². The molecule has 0 radical (unpaired) electrons. The summed E-state index contributed by atoms with van der Waals surface area (Å²) in [4.78, 5) is 18.8. The monoisotopic (exact) mass is 529 g/mol. The third-order valence-corrected chi connectivity index (χ3v) is 7.18. The summed E-state index contributed by atoms with van der Waals surface area (Å²) in [5, 5.41) is 0.529. The van der Waals surface area contributed by atoms with E-state index in [0.717, 1.165) is 5.56 Å². The zero-order chi connectivity index (χ0) is 25.7. The number of rotatable bonds is 8. The van der Waals surface area contributed by atoms with Gasteiger partial charge in [0.05, 0.1) is 30.1 Å². The molecule has 1 amide bonds. The van der Waals surface area contributed by atoms with Gasteiger partial charge in [-0.25, -0.2) is 18.2 Å². The number of amides is 1. The number of hydrogen-bond donors (Lipinski definition) is 1. The molecule has 1 saturated heterocycles. The number of anilines is 1. The Morgan fingerprint density at radius 3 is 2.44 bits per heavy atom. The fourth-order valence-corrected chi connectivity index (χ4v) is 5.38. The maximum Gasteiger partial charge on any atom is 0.410 e. The molecule has 1 aliphatic rings. The number of ether oxygens (including phenoxy) is 2. The Hall–Kier alpha value is -3.30. The zero-order valence-electron chi connectivity index (χ0n) is 20.0. The number of carbonyl (C=O) groups is 1. The van der Waals surface area contributed by atoms with Crippen molar-refractivity contribution in [1.29, 1.82) is 0 Å². The maximum atomic E-state index is 13.0. The van der Waals surface area contributed by atoms with Crippen LogP contribution in [-0.2, 0) is 27.8 Å².